The van der Waals surface area contributed by atoms with E-state index in [1.54, 1.807) is 22.8 Å². The second-order valence-electron chi connectivity index (χ2n) is 4.72. The van der Waals surface area contributed by atoms with Crippen molar-refractivity contribution in [2.75, 3.05) is 0 Å². The molecule has 0 spiro atoms. The normalized spacial score (nSPS) is 17.1. The first kappa shape index (κ1) is 12.3. The molecule has 2 aromatic carbocycles. The number of fused-ring (bicyclic) bond motifs is 1. The molecule has 5 heteroatoms. The fourth-order valence-electron chi connectivity index (χ4n) is 2.37. The lowest BCUT2D eigenvalue weighted by molar-refractivity contribution is 0.748. The van der Waals surface area contributed by atoms with Gasteiger partial charge in [0, 0.05) is 0 Å². The van der Waals surface area contributed by atoms with Crippen LogP contribution in [-0.2, 0) is 0 Å². The lowest BCUT2D eigenvalue weighted by Gasteiger charge is -2.22. The summed E-state index contributed by atoms with van der Waals surface area (Å²) >= 11 is 1.68. The smallest absolute Gasteiger partial charge is 0.194 e. The largest absolute Gasteiger partial charge is 0.212 e. The molecule has 0 saturated heterocycles. The first-order valence-electron chi connectivity index (χ1n) is 6.68. The number of nitrogens with zero attached hydrogens (tertiary/aromatic N) is 4. The molecule has 4 rings (SSSR count). The van der Waals surface area contributed by atoms with Crippen molar-refractivity contribution in [3.63, 3.8) is 0 Å². The van der Waals surface area contributed by atoms with Crippen LogP contribution < -0.4 is 0 Å². The Morgan fingerprint density at radius 1 is 0.905 bits per heavy atom. The van der Waals surface area contributed by atoms with Gasteiger partial charge in [-0.3, -0.25) is 0 Å². The Bertz CT molecular complexity index is 780. The molecule has 0 amide bonds. The fourth-order valence-corrected chi connectivity index (χ4v) is 3.46. The second-order valence-corrected chi connectivity index (χ2v) is 5.79. The highest BCUT2D eigenvalue weighted by Crippen LogP contribution is 2.40. The zero-order valence-corrected chi connectivity index (χ0v) is 11.9. The Morgan fingerprint density at radius 3 is 2.38 bits per heavy atom. The van der Waals surface area contributed by atoms with Crippen molar-refractivity contribution in [3.05, 3.63) is 78.1 Å². The van der Waals surface area contributed by atoms with Gasteiger partial charge in [-0.05, 0) is 11.1 Å². The summed E-state index contributed by atoms with van der Waals surface area (Å²) < 4.78 is 1.74. The summed E-state index contributed by atoms with van der Waals surface area (Å²) in [5, 5.41) is 13.7. The zero-order valence-electron chi connectivity index (χ0n) is 11.1. The van der Waals surface area contributed by atoms with E-state index in [0.29, 0.717) is 0 Å². The van der Waals surface area contributed by atoms with Crippen LogP contribution in [0.15, 0.2) is 77.2 Å². The molecule has 3 aromatic rings. The quantitative estimate of drug-likeness (QED) is 0.727. The number of thioether (sulfide) groups is 1. The third-order valence-corrected chi connectivity index (χ3v) is 4.57. The van der Waals surface area contributed by atoms with E-state index in [9.17, 15) is 0 Å². The van der Waals surface area contributed by atoms with E-state index in [-0.39, 0.29) is 5.25 Å². The van der Waals surface area contributed by atoms with Crippen LogP contribution >= 0.6 is 11.8 Å². The van der Waals surface area contributed by atoms with Gasteiger partial charge in [-0.15, -0.1) is 10.2 Å². The van der Waals surface area contributed by atoms with Crippen LogP contribution in [0.1, 0.15) is 16.4 Å². The summed E-state index contributed by atoms with van der Waals surface area (Å²) in [5.74, 6) is 0. The van der Waals surface area contributed by atoms with Gasteiger partial charge in [-0.25, -0.2) is 0 Å². The van der Waals surface area contributed by atoms with Crippen molar-refractivity contribution >= 4 is 17.5 Å². The van der Waals surface area contributed by atoms with Crippen LogP contribution in [0, 0.1) is 0 Å². The topological polar surface area (TPSA) is 43.1 Å². The molecule has 1 atom stereocenters. The number of hydrogen-bond donors (Lipinski definition) is 0. The molecule has 0 N–H and O–H groups in total. The van der Waals surface area contributed by atoms with E-state index >= 15 is 0 Å². The molecule has 21 heavy (non-hydrogen) atoms. The van der Waals surface area contributed by atoms with E-state index in [1.807, 2.05) is 24.3 Å². The molecule has 102 valence electrons. The number of rotatable bonds is 2. The van der Waals surface area contributed by atoms with E-state index in [0.717, 1.165) is 16.4 Å². The minimum atomic E-state index is 0.130. The van der Waals surface area contributed by atoms with Gasteiger partial charge >= 0.3 is 0 Å². The second kappa shape index (κ2) is 5.18. The third-order valence-electron chi connectivity index (χ3n) is 3.36. The minimum Gasteiger partial charge on any atom is -0.194 e. The highest BCUT2D eigenvalue weighted by molar-refractivity contribution is 8.00. The molecule has 1 aliphatic rings. The molecule has 4 nitrogen and oxygen atoms in total. The van der Waals surface area contributed by atoms with Gasteiger partial charge in [0.05, 0.1) is 11.0 Å². The van der Waals surface area contributed by atoms with E-state index in [4.69, 9.17) is 5.10 Å². The third kappa shape index (κ3) is 2.25. The predicted octanol–water partition coefficient (Wildman–Crippen LogP) is 3.38. The highest BCUT2D eigenvalue weighted by atomic mass is 32.2. The molecule has 2 heterocycles. The molecular formula is C16H12N4S. The summed E-state index contributed by atoms with van der Waals surface area (Å²) in [7, 11) is 0. The Labute approximate surface area is 126 Å². The van der Waals surface area contributed by atoms with E-state index in [2.05, 4.69) is 46.6 Å². The maximum absolute atomic E-state index is 4.72. The van der Waals surface area contributed by atoms with Gasteiger partial charge in [0.2, 0.25) is 5.16 Å². The monoisotopic (exact) mass is 292 g/mol. The van der Waals surface area contributed by atoms with Gasteiger partial charge < -0.3 is 0 Å². The Kier molecular flexibility index (Phi) is 3.05. The molecule has 1 aliphatic heterocycles. The maximum atomic E-state index is 4.72. The summed E-state index contributed by atoms with van der Waals surface area (Å²) in [5.41, 5.74) is 3.37. The average Bonchev–Trinajstić information content (AvgIpc) is 3.03. The van der Waals surface area contributed by atoms with Crippen LogP contribution in [0.25, 0.3) is 0 Å². The first-order valence-corrected chi connectivity index (χ1v) is 7.56. The minimum absolute atomic E-state index is 0.130. The maximum Gasteiger partial charge on any atom is 0.212 e. The van der Waals surface area contributed by atoms with Gasteiger partial charge in [-0.1, -0.05) is 72.4 Å². The first-order chi connectivity index (χ1) is 10.4. The van der Waals surface area contributed by atoms with Crippen LogP contribution in [0.4, 0.5) is 0 Å². The van der Waals surface area contributed by atoms with Crippen molar-refractivity contribution in [2.24, 2.45) is 5.10 Å². The fraction of sp³-hybridized carbons (Fsp3) is 0.0625. The number of hydrogen-bond acceptors (Lipinski definition) is 4. The van der Waals surface area contributed by atoms with Crippen molar-refractivity contribution in [2.45, 2.75) is 10.4 Å². The summed E-state index contributed by atoms with van der Waals surface area (Å²) in [6, 6.07) is 20.6. The lowest BCUT2D eigenvalue weighted by atomic mass is 10.0. The standard InChI is InChI=1S/C16H12N4S/c1-3-7-12(8-4-1)14-15(13-9-5-2-6-10-13)21-16-18-17-11-20(16)19-14/h1-11,15H/t15-/m0/s1. The van der Waals surface area contributed by atoms with Crippen LogP contribution in [-0.4, -0.2) is 20.6 Å². The zero-order chi connectivity index (χ0) is 14.1. The summed E-state index contributed by atoms with van der Waals surface area (Å²) in [6.45, 7) is 0. The molecule has 0 radical (unpaired) electrons. The molecule has 0 aliphatic carbocycles. The predicted molar refractivity (Wildman–Crippen MR) is 83.4 cm³/mol. The Morgan fingerprint density at radius 2 is 1.62 bits per heavy atom. The molecule has 0 unspecified atom stereocenters. The van der Waals surface area contributed by atoms with Gasteiger partial charge in [-0.2, -0.15) is 9.78 Å². The Hall–Kier alpha value is -2.40. The van der Waals surface area contributed by atoms with Crippen molar-refractivity contribution in [1.29, 1.82) is 0 Å². The molecule has 0 fully saturated rings. The highest BCUT2D eigenvalue weighted by Gasteiger charge is 2.27. The van der Waals surface area contributed by atoms with Crippen molar-refractivity contribution in [3.8, 4) is 0 Å². The molecule has 0 saturated carbocycles. The summed E-state index contributed by atoms with van der Waals surface area (Å²) in [6.07, 6.45) is 1.65. The SMILES string of the molecule is c1ccc(C2=Nn3cnnc3S[C@H]2c2ccccc2)cc1. The van der Waals surface area contributed by atoms with Gasteiger partial charge in [0.15, 0.2) is 0 Å². The molecular weight excluding hydrogens is 280 g/mol. The van der Waals surface area contributed by atoms with Crippen molar-refractivity contribution in [1.82, 2.24) is 14.9 Å². The summed E-state index contributed by atoms with van der Waals surface area (Å²) in [4.78, 5) is 0. The van der Waals surface area contributed by atoms with Crippen LogP contribution in [0.2, 0.25) is 0 Å². The van der Waals surface area contributed by atoms with Crippen LogP contribution in [0.5, 0.6) is 0 Å². The molecule has 1 aromatic heterocycles. The average molecular weight is 292 g/mol. The molecule has 0 bridgehead atoms. The lowest BCUT2D eigenvalue weighted by Crippen LogP contribution is -2.17. The van der Waals surface area contributed by atoms with Crippen molar-refractivity contribution < 1.29 is 0 Å². The van der Waals surface area contributed by atoms with E-state index < -0.39 is 0 Å². The van der Waals surface area contributed by atoms with E-state index in [1.165, 1.54) is 5.56 Å². The van der Waals surface area contributed by atoms with Crippen LogP contribution in [0.3, 0.4) is 0 Å². The number of benzene rings is 2. The number of aromatic nitrogens is 3. The van der Waals surface area contributed by atoms with Gasteiger partial charge in [0.1, 0.15) is 6.33 Å². The Balaban J connectivity index is 1.86. The van der Waals surface area contributed by atoms with Gasteiger partial charge in [0.25, 0.3) is 0 Å².